The fraction of sp³-hybridized carbons (Fsp3) is 0.545. The zero-order chi connectivity index (χ0) is 10.3. The maximum absolute atomic E-state index is 13.6. The van der Waals surface area contributed by atoms with Crippen molar-refractivity contribution in [3.63, 3.8) is 0 Å². The van der Waals surface area contributed by atoms with Gasteiger partial charge in [-0.05, 0) is 52.2 Å². The molecule has 76 valence electrons. The van der Waals surface area contributed by atoms with Gasteiger partial charge in [-0.2, -0.15) is 0 Å². The van der Waals surface area contributed by atoms with E-state index >= 15 is 0 Å². The van der Waals surface area contributed by atoms with Gasteiger partial charge in [0.25, 0.3) is 0 Å². The van der Waals surface area contributed by atoms with Crippen LogP contribution < -0.4 is 0 Å². The van der Waals surface area contributed by atoms with Crippen LogP contribution in [0, 0.1) is 5.82 Å². The first-order valence-electron chi connectivity index (χ1n) is 4.95. The normalized spacial score (nSPS) is 16.4. The molecule has 0 unspecified atom stereocenters. The van der Waals surface area contributed by atoms with Gasteiger partial charge in [-0.3, -0.25) is 0 Å². The highest BCUT2D eigenvalue weighted by Crippen LogP contribution is 2.42. The van der Waals surface area contributed by atoms with Crippen LogP contribution in [0.1, 0.15) is 49.8 Å². The number of hydrogen-bond donors (Lipinski definition) is 0. The van der Waals surface area contributed by atoms with E-state index in [-0.39, 0.29) is 5.82 Å². The Morgan fingerprint density at radius 3 is 2.64 bits per heavy atom. The molecule has 1 aliphatic rings. The molecular formula is C11H13BrFN. The van der Waals surface area contributed by atoms with E-state index < -0.39 is 0 Å². The number of rotatable bonds is 2. The molecule has 14 heavy (non-hydrogen) atoms. The summed E-state index contributed by atoms with van der Waals surface area (Å²) >= 11 is 3.18. The van der Waals surface area contributed by atoms with Gasteiger partial charge in [-0.15, -0.1) is 0 Å². The van der Waals surface area contributed by atoms with Gasteiger partial charge < -0.3 is 0 Å². The second kappa shape index (κ2) is 3.61. The second-order valence-corrected chi connectivity index (χ2v) is 4.92. The predicted octanol–water partition coefficient (Wildman–Crippen LogP) is 3.98. The van der Waals surface area contributed by atoms with Gasteiger partial charge in [-0.25, -0.2) is 9.37 Å². The highest BCUT2D eigenvalue weighted by molar-refractivity contribution is 9.10. The van der Waals surface area contributed by atoms with E-state index in [1.165, 1.54) is 0 Å². The van der Waals surface area contributed by atoms with Crippen molar-refractivity contribution in [3.05, 3.63) is 27.7 Å². The molecule has 1 aromatic rings. The lowest BCUT2D eigenvalue weighted by Crippen LogP contribution is -1.99. The minimum absolute atomic E-state index is 0.170. The summed E-state index contributed by atoms with van der Waals surface area (Å²) in [7, 11) is 0. The first-order valence-corrected chi connectivity index (χ1v) is 5.74. The minimum atomic E-state index is -0.170. The van der Waals surface area contributed by atoms with Crippen LogP contribution in [0.4, 0.5) is 4.39 Å². The Bertz CT molecular complexity index is 359. The molecular weight excluding hydrogens is 245 g/mol. The van der Waals surface area contributed by atoms with Crippen molar-refractivity contribution in [1.29, 1.82) is 0 Å². The maximum Gasteiger partial charge on any atom is 0.159 e. The van der Waals surface area contributed by atoms with E-state index in [9.17, 15) is 4.39 Å². The molecule has 1 nitrogen and oxygen atoms in total. The maximum atomic E-state index is 13.6. The molecule has 0 atom stereocenters. The van der Waals surface area contributed by atoms with Crippen molar-refractivity contribution in [2.75, 3.05) is 0 Å². The Balaban J connectivity index is 2.46. The number of halogens is 2. The van der Waals surface area contributed by atoms with Crippen molar-refractivity contribution in [3.8, 4) is 0 Å². The topological polar surface area (TPSA) is 12.9 Å². The Labute approximate surface area is 91.9 Å². The van der Waals surface area contributed by atoms with Crippen LogP contribution in [0.5, 0.6) is 0 Å². The highest BCUT2D eigenvalue weighted by Gasteiger charge is 2.28. The van der Waals surface area contributed by atoms with Gasteiger partial charge in [0.1, 0.15) is 4.60 Å². The van der Waals surface area contributed by atoms with E-state index in [0.29, 0.717) is 16.4 Å². The van der Waals surface area contributed by atoms with Gasteiger partial charge in [0.2, 0.25) is 0 Å². The number of nitrogens with zero attached hydrogens (tertiary/aromatic N) is 1. The van der Waals surface area contributed by atoms with E-state index in [4.69, 9.17) is 0 Å². The number of hydrogen-bond acceptors (Lipinski definition) is 1. The SMILES string of the molecule is CC(C)c1cc(C2CC2)c(F)c(Br)n1. The molecule has 0 spiro atoms. The average Bonchev–Trinajstić information content (AvgIpc) is 2.92. The lowest BCUT2D eigenvalue weighted by molar-refractivity contribution is 0.590. The quantitative estimate of drug-likeness (QED) is 0.731. The zero-order valence-electron chi connectivity index (χ0n) is 8.35. The fourth-order valence-electron chi connectivity index (χ4n) is 1.52. The summed E-state index contributed by atoms with van der Waals surface area (Å²) in [6, 6.07) is 1.92. The fourth-order valence-corrected chi connectivity index (χ4v) is 1.96. The molecule has 0 saturated heterocycles. The van der Waals surface area contributed by atoms with Crippen LogP contribution in [-0.2, 0) is 0 Å². The van der Waals surface area contributed by atoms with Crippen LogP contribution in [-0.4, -0.2) is 4.98 Å². The Hall–Kier alpha value is -0.440. The lowest BCUT2D eigenvalue weighted by atomic mass is 10.1. The molecule has 1 aromatic heterocycles. The molecule has 1 fully saturated rings. The van der Waals surface area contributed by atoms with E-state index in [2.05, 4.69) is 34.8 Å². The third-order valence-electron chi connectivity index (χ3n) is 2.57. The smallest absolute Gasteiger partial charge is 0.159 e. The molecule has 3 heteroatoms. The lowest BCUT2D eigenvalue weighted by Gasteiger charge is -2.09. The van der Waals surface area contributed by atoms with E-state index in [1.54, 1.807) is 0 Å². The molecule has 1 saturated carbocycles. The molecule has 0 bridgehead atoms. The first kappa shape index (κ1) is 10.1. The largest absolute Gasteiger partial charge is 0.243 e. The zero-order valence-corrected chi connectivity index (χ0v) is 9.94. The van der Waals surface area contributed by atoms with Gasteiger partial charge in [-0.1, -0.05) is 13.8 Å². The van der Waals surface area contributed by atoms with Crippen molar-refractivity contribution >= 4 is 15.9 Å². The predicted molar refractivity (Wildman–Crippen MR) is 58.0 cm³/mol. The van der Waals surface area contributed by atoms with Crippen molar-refractivity contribution in [2.45, 2.75) is 38.5 Å². The molecule has 1 aliphatic carbocycles. The molecule has 1 heterocycles. The van der Waals surface area contributed by atoms with Gasteiger partial charge in [0.15, 0.2) is 5.82 Å². The third-order valence-corrected chi connectivity index (χ3v) is 3.10. The number of pyridine rings is 1. The summed E-state index contributed by atoms with van der Waals surface area (Å²) in [5, 5.41) is 0. The number of aromatic nitrogens is 1. The first-order chi connectivity index (χ1) is 6.59. The second-order valence-electron chi connectivity index (χ2n) is 4.17. The standard InChI is InChI=1S/C11H13BrFN/c1-6(2)9-5-8(7-3-4-7)10(13)11(12)14-9/h5-7H,3-4H2,1-2H3. The molecule has 0 amide bonds. The van der Waals surface area contributed by atoms with Crippen LogP contribution in [0.2, 0.25) is 0 Å². The molecule has 2 rings (SSSR count). The van der Waals surface area contributed by atoms with Crippen LogP contribution >= 0.6 is 15.9 Å². The molecule has 0 aliphatic heterocycles. The van der Waals surface area contributed by atoms with E-state index in [1.807, 2.05) is 6.07 Å². The summed E-state index contributed by atoms with van der Waals surface area (Å²) in [6.45, 7) is 4.15. The minimum Gasteiger partial charge on any atom is -0.243 e. The summed E-state index contributed by atoms with van der Waals surface area (Å²) in [5.74, 6) is 0.619. The average molecular weight is 258 g/mol. The van der Waals surface area contributed by atoms with Gasteiger partial charge in [0.05, 0.1) is 0 Å². The van der Waals surface area contributed by atoms with E-state index in [0.717, 1.165) is 24.1 Å². The molecule has 0 N–H and O–H groups in total. The molecule has 0 radical (unpaired) electrons. The Morgan fingerprint density at radius 2 is 2.14 bits per heavy atom. The van der Waals surface area contributed by atoms with Gasteiger partial charge in [0, 0.05) is 5.69 Å². The van der Waals surface area contributed by atoms with Crippen LogP contribution in [0.3, 0.4) is 0 Å². The Kier molecular flexibility index (Phi) is 2.60. The monoisotopic (exact) mass is 257 g/mol. The summed E-state index contributed by atoms with van der Waals surface area (Å²) in [6.07, 6.45) is 2.23. The highest BCUT2D eigenvalue weighted by atomic mass is 79.9. The Morgan fingerprint density at radius 1 is 1.50 bits per heavy atom. The van der Waals surface area contributed by atoms with Crippen LogP contribution in [0.25, 0.3) is 0 Å². The summed E-state index contributed by atoms with van der Waals surface area (Å²) in [5.41, 5.74) is 1.82. The van der Waals surface area contributed by atoms with Gasteiger partial charge >= 0.3 is 0 Å². The van der Waals surface area contributed by atoms with Crippen molar-refractivity contribution in [1.82, 2.24) is 4.98 Å². The summed E-state index contributed by atoms with van der Waals surface area (Å²) in [4.78, 5) is 4.18. The van der Waals surface area contributed by atoms with Crippen molar-refractivity contribution < 1.29 is 4.39 Å². The molecule has 0 aromatic carbocycles. The third kappa shape index (κ3) is 1.83. The van der Waals surface area contributed by atoms with Crippen LogP contribution in [0.15, 0.2) is 10.7 Å². The summed E-state index contributed by atoms with van der Waals surface area (Å²) < 4.78 is 14.0. The van der Waals surface area contributed by atoms with Crippen molar-refractivity contribution in [2.24, 2.45) is 0 Å².